The lowest BCUT2D eigenvalue weighted by molar-refractivity contribution is -0.131. The van der Waals surface area contributed by atoms with Crippen LogP contribution in [0.3, 0.4) is 0 Å². The van der Waals surface area contributed by atoms with Crippen LogP contribution in [0.1, 0.15) is 44.2 Å². The van der Waals surface area contributed by atoms with Gasteiger partial charge in [0, 0.05) is 16.6 Å². The van der Waals surface area contributed by atoms with E-state index in [0.29, 0.717) is 16.6 Å². The minimum Gasteiger partial charge on any atom is -0.349 e. The van der Waals surface area contributed by atoms with Gasteiger partial charge in [-0.3, -0.25) is 4.79 Å². The van der Waals surface area contributed by atoms with Crippen LogP contribution in [0, 0.1) is 5.41 Å². The van der Waals surface area contributed by atoms with E-state index < -0.39 is 5.41 Å². The van der Waals surface area contributed by atoms with E-state index in [9.17, 15) is 4.79 Å². The standard InChI is InChI=1S/C15H20Cl2N2O.ClH/c1-10(12-5-4-11(16)8-13(12)17)19-14(20)15(9-18)6-2-3-7-15;/h4-5,8,10H,2-3,6-7,9,18H2,1H3,(H,19,20);1H. The lowest BCUT2D eigenvalue weighted by Gasteiger charge is -2.28. The van der Waals surface area contributed by atoms with Crippen LogP contribution in [-0.4, -0.2) is 12.5 Å². The van der Waals surface area contributed by atoms with Crippen molar-refractivity contribution in [2.24, 2.45) is 11.1 Å². The molecule has 0 aromatic heterocycles. The molecule has 1 fully saturated rings. The van der Waals surface area contributed by atoms with E-state index in [1.807, 2.05) is 13.0 Å². The molecule has 1 aromatic carbocycles. The van der Waals surface area contributed by atoms with Gasteiger partial charge in [0.1, 0.15) is 0 Å². The number of nitrogens with one attached hydrogen (secondary N) is 1. The second kappa shape index (κ2) is 7.68. The molecule has 0 aliphatic heterocycles. The maximum Gasteiger partial charge on any atom is 0.227 e. The normalized spacial score (nSPS) is 17.9. The van der Waals surface area contributed by atoms with Gasteiger partial charge in [-0.25, -0.2) is 0 Å². The first-order valence-electron chi connectivity index (χ1n) is 6.94. The number of hydrogen-bond acceptors (Lipinski definition) is 2. The molecule has 1 atom stereocenters. The van der Waals surface area contributed by atoms with E-state index in [4.69, 9.17) is 28.9 Å². The predicted molar refractivity (Wildman–Crippen MR) is 90.2 cm³/mol. The summed E-state index contributed by atoms with van der Waals surface area (Å²) in [6, 6.07) is 5.16. The van der Waals surface area contributed by atoms with Crippen LogP contribution in [0.15, 0.2) is 18.2 Å². The largest absolute Gasteiger partial charge is 0.349 e. The fourth-order valence-electron chi connectivity index (χ4n) is 2.86. The number of hydrogen-bond donors (Lipinski definition) is 2. The highest BCUT2D eigenvalue weighted by Gasteiger charge is 2.40. The van der Waals surface area contributed by atoms with Gasteiger partial charge in [-0.1, -0.05) is 42.1 Å². The van der Waals surface area contributed by atoms with Crippen LogP contribution in [0.5, 0.6) is 0 Å². The molecule has 3 N–H and O–H groups in total. The SMILES string of the molecule is CC(NC(=O)C1(CN)CCCC1)c1ccc(Cl)cc1Cl.Cl. The summed E-state index contributed by atoms with van der Waals surface area (Å²) in [5, 5.41) is 4.20. The minimum atomic E-state index is -0.396. The average molecular weight is 352 g/mol. The van der Waals surface area contributed by atoms with E-state index in [1.54, 1.807) is 12.1 Å². The summed E-state index contributed by atoms with van der Waals surface area (Å²) in [5.74, 6) is 0.0380. The Kier molecular flexibility index (Phi) is 6.79. The zero-order chi connectivity index (χ0) is 14.8. The Bertz CT molecular complexity index is 502. The molecule has 0 radical (unpaired) electrons. The van der Waals surface area contributed by atoms with Gasteiger partial charge < -0.3 is 11.1 Å². The van der Waals surface area contributed by atoms with Gasteiger partial charge in [0.2, 0.25) is 5.91 Å². The second-order valence-electron chi connectivity index (χ2n) is 5.55. The number of carbonyl (C=O) groups excluding carboxylic acids is 1. The van der Waals surface area contributed by atoms with Crippen molar-refractivity contribution in [1.82, 2.24) is 5.32 Å². The number of nitrogens with two attached hydrogens (primary N) is 1. The Hall–Kier alpha value is -0.480. The first kappa shape index (κ1) is 18.6. The average Bonchev–Trinajstić information content (AvgIpc) is 2.88. The maximum atomic E-state index is 12.5. The van der Waals surface area contributed by atoms with E-state index in [1.165, 1.54) is 0 Å². The van der Waals surface area contributed by atoms with Crippen LogP contribution in [-0.2, 0) is 4.79 Å². The molecule has 118 valence electrons. The molecule has 1 aromatic rings. The number of amides is 1. The maximum absolute atomic E-state index is 12.5. The highest BCUT2D eigenvalue weighted by molar-refractivity contribution is 6.35. The van der Waals surface area contributed by atoms with Gasteiger partial charge in [0.25, 0.3) is 0 Å². The number of halogens is 3. The van der Waals surface area contributed by atoms with Gasteiger partial charge in [0.15, 0.2) is 0 Å². The number of rotatable bonds is 4. The van der Waals surface area contributed by atoms with Crippen LogP contribution in [0.25, 0.3) is 0 Å². The fraction of sp³-hybridized carbons (Fsp3) is 0.533. The van der Waals surface area contributed by atoms with E-state index in [2.05, 4.69) is 5.32 Å². The Morgan fingerprint density at radius 3 is 2.52 bits per heavy atom. The zero-order valence-corrected chi connectivity index (χ0v) is 14.3. The Morgan fingerprint density at radius 2 is 2.00 bits per heavy atom. The van der Waals surface area contributed by atoms with Crippen molar-refractivity contribution in [3.8, 4) is 0 Å². The lowest BCUT2D eigenvalue weighted by Crippen LogP contribution is -2.45. The quantitative estimate of drug-likeness (QED) is 0.857. The van der Waals surface area contributed by atoms with E-state index in [-0.39, 0.29) is 24.4 Å². The Morgan fingerprint density at radius 1 is 1.38 bits per heavy atom. The van der Waals surface area contributed by atoms with Crippen molar-refractivity contribution in [2.45, 2.75) is 38.6 Å². The highest BCUT2D eigenvalue weighted by atomic mass is 35.5. The topological polar surface area (TPSA) is 55.1 Å². The molecule has 1 amide bonds. The lowest BCUT2D eigenvalue weighted by atomic mass is 9.85. The summed E-state index contributed by atoms with van der Waals surface area (Å²) in [7, 11) is 0. The van der Waals surface area contributed by atoms with Crippen LogP contribution in [0.4, 0.5) is 0 Å². The van der Waals surface area contributed by atoms with Gasteiger partial charge in [0.05, 0.1) is 11.5 Å². The van der Waals surface area contributed by atoms with Gasteiger partial charge in [-0.15, -0.1) is 12.4 Å². The summed E-state index contributed by atoms with van der Waals surface area (Å²) in [6.45, 7) is 2.33. The Balaban J connectivity index is 0.00000220. The monoisotopic (exact) mass is 350 g/mol. The molecule has 1 unspecified atom stereocenters. The third-order valence-corrected chi connectivity index (χ3v) is 4.77. The molecule has 6 heteroatoms. The van der Waals surface area contributed by atoms with E-state index >= 15 is 0 Å². The Labute approximate surface area is 142 Å². The van der Waals surface area contributed by atoms with Gasteiger partial charge in [-0.05, 0) is 37.5 Å². The van der Waals surface area contributed by atoms with Crippen molar-refractivity contribution < 1.29 is 4.79 Å². The molecule has 0 saturated heterocycles. The molecule has 2 rings (SSSR count). The summed E-state index contributed by atoms with van der Waals surface area (Å²) >= 11 is 12.1. The highest BCUT2D eigenvalue weighted by Crippen LogP contribution is 2.38. The molecule has 0 spiro atoms. The molecular weight excluding hydrogens is 331 g/mol. The van der Waals surface area contributed by atoms with Crippen molar-refractivity contribution in [1.29, 1.82) is 0 Å². The zero-order valence-electron chi connectivity index (χ0n) is 12.0. The van der Waals surface area contributed by atoms with E-state index in [0.717, 1.165) is 31.2 Å². The summed E-state index contributed by atoms with van der Waals surface area (Å²) < 4.78 is 0. The van der Waals surface area contributed by atoms with Crippen molar-refractivity contribution >= 4 is 41.5 Å². The molecule has 0 heterocycles. The summed E-state index contributed by atoms with van der Waals surface area (Å²) in [4.78, 5) is 12.5. The molecule has 1 aliphatic carbocycles. The molecule has 1 saturated carbocycles. The first-order chi connectivity index (χ1) is 9.48. The molecular formula is C15H21Cl3N2O. The molecule has 1 aliphatic rings. The molecule has 3 nitrogen and oxygen atoms in total. The molecule has 0 bridgehead atoms. The summed E-state index contributed by atoms with van der Waals surface area (Å²) in [5.41, 5.74) is 6.30. The smallest absolute Gasteiger partial charge is 0.227 e. The number of carbonyl (C=O) groups is 1. The molecule has 21 heavy (non-hydrogen) atoms. The minimum absolute atomic E-state index is 0. The van der Waals surface area contributed by atoms with Crippen LogP contribution < -0.4 is 11.1 Å². The first-order valence-corrected chi connectivity index (χ1v) is 7.70. The van der Waals surface area contributed by atoms with Crippen LogP contribution >= 0.6 is 35.6 Å². The van der Waals surface area contributed by atoms with Gasteiger partial charge in [-0.2, -0.15) is 0 Å². The summed E-state index contributed by atoms with van der Waals surface area (Å²) in [6.07, 6.45) is 3.88. The van der Waals surface area contributed by atoms with Crippen molar-refractivity contribution in [3.63, 3.8) is 0 Å². The fourth-order valence-corrected chi connectivity index (χ4v) is 3.43. The third-order valence-electron chi connectivity index (χ3n) is 4.21. The van der Waals surface area contributed by atoms with Crippen molar-refractivity contribution in [2.75, 3.05) is 6.54 Å². The van der Waals surface area contributed by atoms with Crippen LogP contribution in [0.2, 0.25) is 10.0 Å². The predicted octanol–water partition coefficient (Wildman–Crippen LogP) is 4.11. The van der Waals surface area contributed by atoms with Gasteiger partial charge >= 0.3 is 0 Å². The third kappa shape index (κ3) is 4.04. The second-order valence-corrected chi connectivity index (χ2v) is 6.40. The number of benzene rings is 1. The van der Waals surface area contributed by atoms with Crippen molar-refractivity contribution in [3.05, 3.63) is 33.8 Å².